The fourth-order valence-electron chi connectivity index (χ4n) is 1.31. The number of carbonyl (C=O) groups excluding carboxylic acids is 1. The van der Waals surface area contributed by atoms with E-state index in [2.05, 4.69) is 10.3 Å². The van der Waals surface area contributed by atoms with Gasteiger partial charge in [-0.2, -0.15) is 9.72 Å². The molecule has 1 aromatic heterocycles. The van der Waals surface area contributed by atoms with Crippen molar-refractivity contribution in [1.29, 1.82) is 0 Å². The van der Waals surface area contributed by atoms with Gasteiger partial charge in [0, 0.05) is 18.0 Å². The van der Waals surface area contributed by atoms with Gasteiger partial charge in [-0.05, 0) is 18.2 Å². The van der Waals surface area contributed by atoms with Crippen molar-refractivity contribution < 1.29 is 10.0 Å². The molecule has 0 atom stereocenters. The molecule has 0 spiro atoms. The Kier molecular flexibility index (Phi) is 3.64. The van der Waals surface area contributed by atoms with Crippen LogP contribution in [0, 0.1) is 0 Å². The third-order valence-electron chi connectivity index (χ3n) is 2.13. The van der Waals surface area contributed by atoms with Crippen LogP contribution in [-0.2, 0) is 0 Å². The van der Waals surface area contributed by atoms with Crippen molar-refractivity contribution in [2.24, 2.45) is 4.99 Å². The number of urea groups is 1. The summed E-state index contributed by atoms with van der Waals surface area (Å²) in [5.41, 5.74) is 0.658. The summed E-state index contributed by atoms with van der Waals surface area (Å²) in [6.45, 7) is 0. The maximum atomic E-state index is 11.6. The Morgan fingerprint density at radius 2 is 2.00 bits per heavy atom. The van der Waals surface area contributed by atoms with Crippen LogP contribution in [0.5, 0.6) is 0 Å². The van der Waals surface area contributed by atoms with Gasteiger partial charge in [0.2, 0.25) is 0 Å². The highest BCUT2D eigenvalue weighted by molar-refractivity contribution is 6.29. The molecule has 0 radical (unpaired) electrons. The number of anilines is 1. The number of amides is 2. The number of carbonyl (C=O) groups is 1. The van der Waals surface area contributed by atoms with E-state index in [1.54, 1.807) is 12.1 Å². The SMILES string of the molecule is O=C(N=c1ccn(O)c(Cl)c1)Nc1ccccc1. The first-order valence-electron chi connectivity index (χ1n) is 5.13. The van der Waals surface area contributed by atoms with Crippen molar-refractivity contribution in [3.05, 3.63) is 59.2 Å². The van der Waals surface area contributed by atoms with E-state index < -0.39 is 6.03 Å². The second-order valence-electron chi connectivity index (χ2n) is 3.46. The van der Waals surface area contributed by atoms with Gasteiger partial charge in [0.15, 0.2) is 0 Å². The first-order chi connectivity index (χ1) is 8.65. The second kappa shape index (κ2) is 5.37. The van der Waals surface area contributed by atoms with Gasteiger partial charge in [0.25, 0.3) is 0 Å². The maximum absolute atomic E-state index is 11.6. The van der Waals surface area contributed by atoms with E-state index in [-0.39, 0.29) is 5.15 Å². The van der Waals surface area contributed by atoms with E-state index in [1.165, 1.54) is 18.3 Å². The highest BCUT2D eigenvalue weighted by Crippen LogP contribution is 2.05. The molecular weight excluding hydrogens is 254 g/mol. The third-order valence-corrected chi connectivity index (χ3v) is 2.41. The van der Waals surface area contributed by atoms with Crippen LogP contribution in [0.3, 0.4) is 0 Å². The molecule has 0 unspecified atom stereocenters. The number of hydrogen-bond donors (Lipinski definition) is 2. The summed E-state index contributed by atoms with van der Waals surface area (Å²) in [7, 11) is 0. The molecule has 0 saturated carbocycles. The van der Waals surface area contributed by atoms with Crippen molar-refractivity contribution in [1.82, 2.24) is 4.73 Å². The number of aromatic nitrogens is 1. The van der Waals surface area contributed by atoms with E-state index in [0.717, 1.165) is 4.73 Å². The molecule has 2 N–H and O–H groups in total. The molecule has 18 heavy (non-hydrogen) atoms. The molecular formula is C12H10ClN3O2. The molecule has 1 aromatic carbocycles. The van der Waals surface area contributed by atoms with Gasteiger partial charge in [-0.15, -0.1) is 0 Å². The zero-order valence-corrected chi connectivity index (χ0v) is 10.0. The van der Waals surface area contributed by atoms with Crippen LogP contribution < -0.4 is 10.7 Å². The van der Waals surface area contributed by atoms with E-state index in [0.29, 0.717) is 11.0 Å². The number of para-hydroxylation sites is 1. The van der Waals surface area contributed by atoms with E-state index >= 15 is 0 Å². The molecule has 92 valence electrons. The third kappa shape index (κ3) is 3.11. The van der Waals surface area contributed by atoms with Crippen LogP contribution >= 0.6 is 11.6 Å². The molecule has 2 aromatic rings. The lowest BCUT2D eigenvalue weighted by molar-refractivity contribution is 0.185. The minimum Gasteiger partial charge on any atom is -0.428 e. The number of nitrogens with zero attached hydrogens (tertiary/aromatic N) is 2. The molecule has 0 bridgehead atoms. The smallest absolute Gasteiger partial charge is 0.345 e. The quantitative estimate of drug-likeness (QED) is 0.613. The topological polar surface area (TPSA) is 66.6 Å². The summed E-state index contributed by atoms with van der Waals surface area (Å²) >= 11 is 5.68. The zero-order valence-electron chi connectivity index (χ0n) is 9.25. The molecule has 6 heteroatoms. The number of hydrogen-bond acceptors (Lipinski definition) is 2. The Bertz CT molecular complexity index is 623. The molecule has 0 aliphatic rings. The van der Waals surface area contributed by atoms with Gasteiger partial charge in [0.1, 0.15) is 5.15 Å². The van der Waals surface area contributed by atoms with Crippen LogP contribution in [0.2, 0.25) is 5.15 Å². The average molecular weight is 264 g/mol. The van der Waals surface area contributed by atoms with Gasteiger partial charge >= 0.3 is 6.03 Å². The summed E-state index contributed by atoms with van der Waals surface area (Å²) in [5.74, 6) is 0. The molecule has 0 saturated heterocycles. The lowest BCUT2D eigenvalue weighted by Crippen LogP contribution is -2.13. The zero-order chi connectivity index (χ0) is 13.0. The number of halogens is 1. The van der Waals surface area contributed by atoms with Gasteiger partial charge in [-0.1, -0.05) is 29.8 Å². The van der Waals surface area contributed by atoms with E-state index in [9.17, 15) is 4.79 Å². The number of pyridine rings is 1. The van der Waals surface area contributed by atoms with E-state index in [1.807, 2.05) is 18.2 Å². The Labute approximate surface area is 108 Å². The van der Waals surface area contributed by atoms with Gasteiger partial charge in [-0.25, -0.2) is 4.79 Å². The van der Waals surface area contributed by atoms with E-state index in [4.69, 9.17) is 16.8 Å². The van der Waals surface area contributed by atoms with Crippen LogP contribution in [0.25, 0.3) is 0 Å². The Hall–Kier alpha value is -2.27. The van der Waals surface area contributed by atoms with Crippen molar-refractivity contribution >= 4 is 23.3 Å². The van der Waals surface area contributed by atoms with Crippen LogP contribution in [0.15, 0.2) is 53.7 Å². The lowest BCUT2D eigenvalue weighted by atomic mass is 10.3. The van der Waals surface area contributed by atoms with Crippen LogP contribution in [0.4, 0.5) is 10.5 Å². The summed E-state index contributed by atoms with van der Waals surface area (Å²) < 4.78 is 0.732. The molecule has 0 aliphatic heterocycles. The number of rotatable bonds is 1. The van der Waals surface area contributed by atoms with Crippen molar-refractivity contribution in [3.8, 4) is 0 Å². The summed E-state index contributed by atoms with van der Waals surface area (Å²) in [5, 5.41) is 12.2. The van der Waals surface area contributed by atoms with Gasteiger partial charge < -0.3 is 10.5 Å². The Balaban J connectivity index is 2.18. The molecule has 2 rings (SSSR count). The summed E-state index contributed by atoms with van der Waals surface area (Å²) in [6.07, 6.45) is 1.30. The van der Waals surface area contributed by atoms with Crippen molar-refractivity contribution in [3.63, 3.8) is 0 Å². The molecule has 0 fully saturated rings. The molecule has 2 amide bonds. The van der Waals surface area contributed by atoms with Crippen LogP contribution in [-0.4, -0.2) is 16.0 Å². The van der Waals surface area contributed by atoms with Gasteiger partial charge in [0.05, 0.1) is 5.36 Å². The van der Waals surface area contributed by atoms with Crippen LogP contribution in [0.1, 0.15) is 0 Å². The largest absolute Gasteiger partial charge is 0.428 e. The van der Waals surface area contributed by atoms with Crippen molar-refractivity contribution in [2.45, 2.75) is 0 Å². The molecule has 5 nitrogen and oxygen atoms in total. The Morgan fingerprint density at radius 3 is 2.67 bits per heavy atom. The van der Waals surface area contributed by atoms with Gasteiger partial charge in [-0.3, -0.25) is 0 Å². The normalized spacial score (nSPS) is 11.3. The fraction of sp³-hybridized carbons (Fsp3) is 0. The molecule has 1 heterocycles. The standard InChI is InChI=1S/C12H10ClN3O2/c13-11-8-10(6-7-16(11)18)15-12(17)14-9-4-2-1-3-5-9/h1-8,18H,(H,14,17). The monoisotopic (exact) mass is 263 g/mol. The summed E-state index contributed by atoms with van der Waals surface area (Å²) in [4.78, 5) is 15.4. The average Bonchev–Trinajstić information content (AvgIpc) is 2.35. The minimum atomic E-state index is -0.507. The molecule has 0 aliphatic carbocycles. The fourth-order valence-corrected chi connectivity index (χ4v) is 1.48. The summed E-state index contributed by atoms with van der Waals surface area (Å²) in [6, 6.07) is 11.3. The number of benzene rings is 1. The minimum absolute atomic E-state index is 0.0729. The predicted molar refractivity (Wildman–Crippen MR) is 67.7 cm³/mol. The van der Waals surface area contributed by atoms with Crippen molar-refractivity contribution in [2.75, 3.05) is 5.32 Å². The first-order valence-corrected chi connectivity index (χ1v) is 5.51. The number of nitrogens with one attached hydrogen (secondary N) is 1. The maximum Gasteiger partial charge on any atom is 0.345 e. The lowest BCUT2D eigenvalue weighted by Gasteiger charge is -2.01. The highest BCUT2D eigenvalue weighted by Gasteiger charge is 1.99. The second-order valence-corrected chi connectivity index (χ2v) is 3.85. The first kappa shape index (κ1) is 12.2. The highest BCUT2D eigenvalue weighted by atomic mass is 35.5. The Morgan fingerprint density at radius 1 is 1.28 bits per heavy atom. The predicted octanol–water partition coefficient (Wildman–Crippen LogP) is 2.51.